The summed E-state index contributed by atoms with van der Waals surface area (Å²) in [5.41, 5.74) is 0. The Morgan fingerprint density at radius 1 is 1.14 bits per heavy atom. The van der Waals surface area contributed by atoms with E-state index in [9.17, 15) is 0 Å². The fraction of sp³-hybridized carbons (Fsp3) is 1.00. The van der Waals surface area contributed by atoms with E-state index in [0.29, 0.717) is 12.2 Å². The molecule has 2 heteroatoms. The topological polar surface area (TPSA) is 21.3 Å². The molecule has 0 aromatic heterocycles. The van der Waals surface area contributed by atoms with Gasteiger partial charge < -0.3 is 10.1 Å². The van der Waals surface area contributed by atoms with Crippen LogP contribution < -0.4 is 5.32 Å². The van der Waals surface area contributed by atoms with Gasteiger partial charge in [0.05, 0.1) is 12.2 Å². The third-order valence-electron chi connectivity index (χ3n) is 3.61. The zero-order valence-corrected chi connectivity index (χ0v) is 9.30. The maximum atomic E-state index is 5.88. The highest BCUT2D eigenvalue weighted by atomic mass is 16.5. The molecule has 2 aliphatic heterocycles. The number of hydrogen-bond donors (Lipinski definition) is 1. The lowest BCUT2D eigenvalue weighted by molar-refractivity contribution is 0.0396. The minimum absolute atomic E-state index is 0.518. The lowest BCUT2D eigenvalue weighted by Crippen LogP contribution is -2.17. The molecule has 1 N–H and O–H groups in total. The standard InChI is InChI=1S/C12H23NO/c1-10-4-5-12(14-10)9-11-3-2-7-13-8-6-11/h10-13H,2-9H2,1H3. The van der Waals surface area contributed by atoms with Gasteiger partial charge >= 0.3 is 0 Å². The molecule has 0 saturated carbocycles. The maximum absolute atomic E-state index is 5.88. The van der Waals surface area contributed by atoms with Gasteiger partial charge in [-0.25, -0.2) is 0 Å². The molecule has 0 amide bonds. The molecule has 0 aromatic rings. The number of ether oxygens (including phenoxy) is 1. The first kappa shape index (κ1) is 10.4. The van der Waals surface area contributed by atoms with E-state index in [4.69, 9.17) is 4.74 Å². The summed E-state index contributed by atoms with van der Waals surface area (Å²) >= 11 is 0. The van der Waals surface area contributed by atoms with E-state index in [-0.39, 0.29) is 0 Å². The largest absolute Gasteiger partial charge is 0.375 e. The summed E-state index contributed by atoms with van der Waals surface area (Å²) in [4.78, 5) is 0. The molecule has 2 rings (SSSR count). The van der Waals surface area contributed by atoms with Gasteiger partial charge in [-0.3, -0.25) is 0 Å². The van der Waals surface area contributed by atoms with E-state index in [2.05, 4.69) is 12.2 Å². The third kappa shape index (κ3) is 2.96. The van der Waals surface area contributed by atoms with Crippen molar-refractivity contribution in [2.24, 2.45) is 5.92 Å². The molecule has 2 fully saturated rings. The Morgan fingerprint density at radius 3 is 2.86 bits per heavy atom. The minimum Gasteiger partial charge on any atom is -0.375 e. The van der Waals surface area contributed by atoms with Crippen LogP contribution in [0.15, 0.2) is 0 Å². The second-order valence-corrected chi connectivity index (χ2v) is 4.93. The number of hydrogen-bond acceptors (Lipinski definition) is 2. The summed E-state index contributed by atoms with van der Waals surface area (Å²) in [6.45, 7) is 4.64. The van der Waals surface area contributed by atoms with Crippen molar-refractivity contribution in [3.8, 4) is 0 Å². The van der Waals surface area contributed by atoms with Gasteiger partial charge in [0.2, 0.25) is 0 Å². The van der Waals surface area contributed by atoms with Crippen LogP contribution in [0.4, 0.5) is 0 Å². The predicted molar refractivity (Wildman–Crippen MR) is 58.4 cm³/mol. The fourth-order valence-electron chi connectivity index (χ4n) is 2.76. The summed E-state index contributed by atoms with van der Waals surface area (Å²) < 4.78 is 5.88. The molecule has 3 unspecified atom stereocenters. The molecule has 0 spiro atoms. The van der Waals surface area contributed by atoms with E-state index >= 15 is 0 Å². The lowest BCUT2D eigenvalue weighted by Gasteiger charge is -2.18. The number of rotatable bonds is 2. The molecule has 0 aliphatic carbocycles. The van der Waals surface area contributed by atoms with Crippen molar-refractivity contribution in [2.45, 2.75) is 57.7 Å². The Morgan fingerprint density at radius 2 is 2.07 bits per heavy atom. The molecule has 0 bridgehead atoms. The fourth-order valence-corrected chi connectivity index (χ4v) is 2.76. The highest BCUT2D eigenvalue weighted by Gasteiger charge is 2.25. The summed E-state index contributed by atoms with van der Waals surface area (Å²) in [5.74, 6) is 0.917. The molecule has 82 valence electrons. The molecule has 2 aliphatic rings. The maximum Gasteiger partial charge on any atom is 0.0582 e. The SMILES string of the molecule is CC1CCC(CC2CCCNCC2)O1. The Labute approximate surface area is 87.4 Å². The molecule has 2 heterocycles. The van der Waals surface area contributed by atoms with E-state index in [1.54, 1.807) is 0 Å². The predicted octanol–water partition coefficient (Wildman–Crippen LogP) is 2.33. The van der Waals surface area contributed by atoms with Gasteiger partial charge in [0.1, 0.15) is 0 Å². The van der Waals surface area contributed by atoms with Crippen LogP contribution in [0.5, 0.6) is 0 Å². The molecule has 0 aromatic carbocycles. The minimum atomic E-state index is 0.518. The first-order chi connectivity index (χ1) is 6.84. The highest BCUT2D eigenvalue weighted by Crippen LogP contribution is 2.28. The average Bonchev–Trinajstić information content (AvgIpc) is 2.43. The van der Waals surface area contributed by atoms with Crippen LogP contribution in [-0.2, 0) is 4.74 Å². The van der Waals surface area contributed by atoms with Crippen LogP contribution in [0.3, 0.4) is 0 Å². The summed E-state index contributed by atoms with van der Waals surface area (Å²) in [6.07, 6.45) is 9.09. The van der Waals surface area contributed by atoms with Crippen LogP contribution in [0, 0.1) is 5.92 Å². The summed E-state index contributed by atoms with van der Waals surface area (Å²) in [7, 11) is 0. The van der Waals surface area contributed by atoms with Crippen molar-refractivity contribution < 1.29 is 4.74 Å². The van der Waals surface area contributed by atoms with Gasteiger partial charge in [0, 0.05) is 0 Å². The highest BCUT2D eigenvalue weighted by molar-refractivity contribution is 4.76. The van der Waals surface area contributed by atoms with Crippen LogP contribution in [0.25, 0.3) is 0 Å². The van der Waals surface area contributed by atoms with Gasteiger partial charge in [-0.1, -0.05) is 0 Å². The van der Waals surface area contributed by atoms with Crippen LogP contribution in [0.1, 0.15) is 45.4 Å². The molecular weight excluding hydrogens is 174 g/mol. The van der Waals surface area contributed by atoms with E-state index in [1.807, 2.05) is 0 Å². The number of nitrogens with one attached hydrogen (secondary N) is 1. The van der Waals surface area contributed by atoms with Gasteiger partial charge in [0.15, 0.2) is 0 Å². The van der Waals surface area contributed by atoms with Crippen LogP contribution in [0.2, 0.25) is 0 Å². The Bertz CT molecular complexity index is 164. The van der Waals surface area contributed by atoms with Crippen molar-refractivity contribution in [3.05, 3.63) is 0 Å². The van der Waals surface area contributed by atoms with Crippen molar-refractivity contribution in [1.82, 2.24) is 5.32 Å². The second-order valence-electron chi connectivity index (χ2n) is 4.93. The van der Waals surface area contributed by atoms with Crippen molar-refractivity contribution in [2.75, 3.05) is 13.1 Å². The van der Waals surface area contributed by atoms with E-state index < -0.39 is 0 Å². The first-order valence-electron chi connectivity index (χ1n) is 6.21. The van der Waals surface area contributed by atoms with Crippen LogP contribution >= 0.6 is 0 Å². The van der Waals surface area contributed by atoms with Crippen molar-refractivity contribution in [1.29, 1.82) is 0 Å². The molecule has 2 nitrogen and oxygen atoms in total. The molecule has 2 saturated heterocycles. The Kier molecular flexibility index (Phi) is 3.82. The average molecular weight is 197 g/mol. The van der Waals surface area contributed by atoms with Gasteiger partial charge in [-0.2, -0.15) is 0 Å². The third-order valence-corrected chi connectivity index (χ3v) is 3.61. The summed E-state index contributed by atoms with van der Waals surface area (Å²) in [6, 6.07) is 0. The quantitative estimate of drug-likeness (QED) is 0.733. The molecule has 14 heavy (non-hydrogen) atoms. The molecule has 3 atom stereocenters. The summed E-state index contributed by atoms with van der Waals surface area (Å²) in [5, 5.41) is 3.47. The van der Waals surface area contributed by atoms with Gasteiger partial charge in [-0.15, -0.1) is 0 Å². The zero-order chi connectivity index (χ0) is 9.80. The normalized spacial score (nSPS) is 39.6. The zero-order valence-electron chi connectivity index (χ0n) is 9.30. The smallest absolute Gasteiger partial charge is 0.0582 e. The Balaban J connectivity index is 1.72. The molecule has 0 radical (unpaired) electrons. The second kappa shape index (κ2) is 5.13. The monoisotopic (exact) mass is 197 g/mol. The Hall–Kier alpha value is -0.0800. The van der Waals surface area contributed by atoms with E-state index in [1.165, 1.54) is 51.6 Å². The van der Waals surface area contributed by atoms with Crippen molar-refractivity contribution in [3.63, 3.8) is 0 Å². The first-order valence-corrected chi connectivity index (χ1v) is 6.21. The van der Waals surface area contributed by atoms with Gasteiger partial charge in [-0.05, 0) is 64.5 Å². The van der Waals surface area contributed by atoms with Gasteiger partial charge in [0.25, 0.3) is 0 Å². The lowest BCUT2D eigenvalue weighted by atomic mass is 9.93. The molecular formula is C12H23NO. The van der Waals surface area contributed by atoms with Crippen LogP contribution in [-0.4, -0.2) is 25.3 Å². The van der Waals surface area contributed by atoms with E-state index in [0.717, 1.165) is 5.92 Å². The van der Waals surface area contributed by atoms with Crippen molar-refractivity contribution >= 4 is 0 Å².